The van der Waals surface area contributed by atoms with Gasteiger partial charge >= 0.3 is 0 Å². The number of benzene rings is 2. The van der Waals surface area contributed by atoms with Crippen molar-refractivity contribution in [1.29, 1.82) is 5.26 Å². The van der Waals surface area contributed by atoms with Gasteiger partial charge in [0.2, 0.25) is 0 Å². The molecule has 0 radical (unpaired) electrons. The highest BCUT2D eigenvalue weighted by Gasteiger charge is 2.14. The summed E-state index contributed by atoms with van der Waals surface area (Å²) in [5, 5.41) is 11.5. The highest BCUT2D eigenvalue weighted by Crippen LogP contribution is 2.28. The summed E-state index contributed by atoms with van der Waals surface area (Å²) in [5.74, 6) is -0.909. The van der Waals surface area contributed by atoms with Gasteiger partial charge in [-0.25, -0.2) is 4.39 Å². The fraction of sp³-hybridized carbons (Fsp3) is 0.0667. The Hall–Kier alpha value is -2.58. The van der Waals surface area contributed by atoms with Gasteiger partial charge in [-0.15, -0.1) is 0 Å². The highest BCUT2D eigenvalue weighted by atomic mass is 35.5. The van der Waals surface area contributed by atoms with Crippen molar-refractivity contribution in [1.82, 2.24) is 0 Å². The lowest BCUT2D eigenvalue weighted by Crippen LogP contribution is -2.14. The zero-order valence-corrected chi connectivity index (χ0v) is 11.7. The van der Waals surface area contributed by atoms with E-state index in [2.05, 4.69) is 5.32 Å². The Labute approximate surface area is 125 Å². The van der Waals surface area contributed by atoms with E-state index in [0.717, 1.165) is 6.07 Å². The summed E-state index contributed by atoms with van der Waals surface area (Å²) in [7, 11) is 1.42. The van der Waals surface area contributed by atoms with E-state index < -0.39 is 11.7 Å². The summed E-state index contributed by atoms with van der Waals surface area (Å²) in [4.78, 5) is 12.1. The van der Waals surface area contributed by atoms with Gasteiger partial charge in [-0.2, -0.15) is 5.26 Å². The molecular formula is C15H10ClFN2O2. The van der Waals surface area contributed by atoms with Crippen molar-refractivity contribution < 1.29 is 13.9 Å². The van der Waals surface area contributed by atoms with Crippen LogP contribution >= 0.6 is 11.6 Å². The molecule has 0 heterocycles. The molecule has 0 spiro atoms. The minimum Gasteiger partial charge on any atom is -0.495 e. The number of para-hydroxylation sites is 1. The first-order valence-corrected chi connectivity index (χ1v) is 6.28. The van der Waals surface area contributed by atoms with E-state index in [9.17, 15) is 9.18 Å². The predicted molar refractivity (Wildman–Crippen MR) is 77.1 cm³/mol. The van der Waals surface area contributed by atoms with Crippen molar-refractivity contribution in [2.45, 2.75) is 0 Å². The monoisotopic (exact) mass is 304 g/mol. The minimum atomic E-state index is -0.690. The van der Waals surface area contributed by atoms with Crippen LogP contribution < -0.4 is 10.1 Å². The second-order valence-corrected chi connectivity index (χ2v) is 4.48. The molecule has 0 aliphatic rings. The molecule has 21 heavy (non-hydrogen) atoms. The summed E-state index contributed by atoms with van der Waals surface area (Å²) in [5.41, 5.74) is 0.576. The molecule has 1 N–H and O–H groups in total. The third kappa shape index (κ3) is 3.12. The molecule has 0 bridgehead atoms. The molecule has 1 amide bonds. The zero-order chi connectivity index (χ0) is 15.4. The number of carbonyl (C=O) groups excluding carboxylic acids is 1. The van der Waals surface area contributed by atoms with Crippen LogP contribution in [0.25, 0.3) is 0 Å². The molecule has 106 valence electrons. The number of amides is 1. The molecule has 0 saturated heterocycles. The van der Waals surface area contributed by atoms with E-state index in [1.165, 1.54) is 19.2 Å². The first-order valence-electron chi connectivity index (χ1n) is 5.90. The van der Waals surface area contributed by atoms with Crippen molar-refractivity contribution in [3.05, 3.63) is 58.4 Å². The third-order valence-electron chi connectivity index (χ3n) is 2.79. The molecule has 4 nitrogen and oxygen atoms in total. The van der Waals surface area contributed by atoms with Gasteiger partial charge in [0, 0.05) is 5.56 Å². The van der Waals surface area contributed by atoms with Gasteiger partial charge in [0.05, 0.1) is 17.7 Å². The molecule has 0 saturated carbocycles. The lowest BCUT2D eigenvalue weighted by atomic mass is 10.1. The number of hydrogen-bond acceptors (Lipinski definition) is 3. The second-order valence-electron chi connectivity index (χ2n) is 4.08. The van der Waals surface area contributed by atoms with Gasteiger partial charge < -0.3 is 10.1 Å². The Balaban J connectivity index is 2.36. The molecule has 0 aliphatic heterocycles. The van der Waals surface area contributed by atoms with Gasteiger partial charge in [-0.05, 0) is 30.3 Å². The second kappa shape index (κ2) is 6.25. The SMILES string of the molecule is COc1cccc(C#N)c1NC(=O)c1ccc(Cl)c(F)c1. The largest absolute Gasteiger partial charge is 0.495 e. The van der Waals surface area contributed by atoms with Crippen LogP contribution in [0.3, 0.4) is 0 Å². The maximum Gasteiger partial charge on any atom is 0.255 e. The number of nitrogens with zero attached hydrogens (tertiary/aromatic N) is 1. The van der Waals surface area contributed by atoms with Crippen LogP contribution in [0.5, 0.6) is 5.75 Å². The molecule has 0 aromatic heterocycles. The number of carbonyl (C=O) groups is 1. The lowest BCUT2D eigenvalue weighted by molar-refractivity contribution is 0.102. The molecule has 2 rings (SSSR count). The quantitative estimate of drug-likeness (QED) is 0.942. The smallest absolute Gasteiger partial charge is 0.255 e. The molecule has 2 aromatic rings. The summed E-state index contributed by atoms with van der Waals surface area (Å²) in [6, 6.07) is 10.5. The fourth-order valence-electron chi connectivity index (χ4n) is 1.75. The van der Waals surface area contributed by atoms with Crippen molar-refractivity contribution >= 4 is 23.2 Å². The first kappa shape index (κ1) is 14.8. The standard InChI is InChI=1S/C15H10ClFN2O2/c1-21-13-4-2-3-10(8-18)14(13)19-15(20)9-5-6-11(16)12(17)7-9/h2-7H,1H3,(H,19,20). The van der Waals surface area contributed by atoms with E-state index in [4.69, 9.17) is 21.6 Å². The average molecular weight is 305 g/mol. The Bertz CT molecular complexity index is 741. The number of ether oxygens (including phenoxy) is 1. The Kier molecular flexibility index (Phi) is 4.41. The van der Waals surface area contributed by atoms with Gasteiger partial charge in [0.1, 0.15) is 23.3 Å². The Morgan fingerprint density at radius 1 is 1.38 bits per heavy atom. The summed E-state index contributed by atoms with van der Waals surface area (Å²) < 4.78 is 18.5. The van der Waals surface area contributed by atoms with Crippen molar-refractivity contribution in [3.8, 4) is 11.8 Å². The van der Waals surface area contributed by atoms with Crippen LogP contribution in [0.4, 0.5) is 10.1 Å². The van der Waals surface area contributed by atoms with Crippen molar-refractivity contribution in [2.24, 2.45) is 0 Å². The number of hydrogen-bond donors (Lipinski definition) is 1. The maximum atomic E-state index is 13.4. The van der Waals surface area contributed by atoms with E-state index in [1.807, 2.05) is 6.07 Å². The minimum absolute atomic E-state index is 0.0680. The number of nitriles is 1. The van der Waals surface area contributed by atoms with Gasteiger partial charge in [0.15, 0.2) is 0 Å². The topological polar surface area (TPSA) is 62.1 Å². The number of rotatable bonds is 3. The molecule has 2 aromatic carbocycles. The van der Waals surface area contributed by atoms with Gasteiger partial charge in [-0.1, -0.05) is 17.7 Å². The predicted octanol–water partition coefficient (Wildman–Crippen LogP) is 3.61. The molecule has 0 unspecified atom stereocenters. The maximum absolute atomic E-state index is 13.4. The van der Waals surface area contributed by atoms with Crippen LogP contribution in [-0.4, -0.2) is 13.0 Å². The molecule has 0 aliphatic carbocycles. The fourth-order valence-corrected chi connectivity index (χ4v) is 1.86. The Morgan fingerprint density at radius 2 is 2.14 bits per heavy atom. The molecule has 0 atom stereocenters. The van der Waals surface area contributed by atoms with E-state index in [-0.39, 0.29) is 21.8 Å². The zero-order valence-electron chi connectivity index (χ0n) is 11.0. The van der Waals surface area contributed by atoms with Crippen LogP contribution in [0.15, 0.2) is 36.4 Å². The van der Waals surface area contributed by atoms with Crippen molar-refractivity contribution in [2.75, 3.05) is 12.4 Å². The highest BCUT2D eigenvalue weighted by molar-refractivity contribution is 6.30. The third-order valence-corrected chi connectivity index (χ3v) is 3.09. The van der Waals surface area contributed by atoms with Crippen LogP contribution in [0.2, 0.25) is 5.02 Å². The summed E-state index contributed by atoms with van der Waals surface area (Å²) in [6.45, 7) is 0. The molecular weight excluding hydrogens is 295 g/mol. The number of nitrogens with one attached hydrogen (secondary N) is 1. The summed E-state index contributed by atoms with van der Waals surface area (Å²) in [6.07, 6.45) is 0. The Morgan fingerprint density at radius 3 is 2.76 bits per heavy atom. The number of halogens is 2. The van der Waals surface area contributed by atoms with Crippen LogP contribution in [0.1, 0.15) is 15.9 Å². The van der Waals surface area contributed by atoms with E-state index in [1.54, 1.807) is 18.2 Å². The average Bonchev–Trinajstić information content (AvgIpc) is 2.50. The lowest BCUT2D eigenvalue weighted by Gasteiger charge is -2.11. The van der Waals surface area contributed by atoms with E-state index in [0.29, 0.717) is 5.75 Å². The first-order chi connectivity index (χ1) is 10.1. The van der Waals surface area contributed by atoms with E-state index >= 15 is 0 Å². The van der Waals surface area contributed by atoms with Gasteiger partial charge in [-0.3, -0.25) is 4.79 Å². The molecule has 0 fully saturated rings. The van der Waals surface area contributed by atoms with Crippen LogP contribution in [-0.2, 0) is 0 Å². The number of methoxy groups -OCH3 is 1. The summed E-state index contributed by atoms with van der Waals surface area (Å²) >= 11 is 5.57. The van der Waals surface area contributed by atoms with Gasteiger partial charge in [0.25, 0.3) is 5.91 Å². The van der Waals surface area contributed by atoms with Crippen molar-refractivity contribution in [3.63, 3.8) is 0 Å². The normalized spacial score (nSPS) is 9.81. The van der Waals surface area contributed by atoms with Crippen LogP contribution in [0, 0.1) is 17.1 Å². The molecule has 6 heteroatoms. The number of anilines is 1.